The van der Waals surface area contributed by atoms with Gasteiger partial charge < -0.3 is 9.32 Å². The molecule has 1 aromatic heterocycles. The first-order valence-electron chi connectivity index (χ1n) is 8.05. The Hall–Kier alpha value is -2.22. The van der Waals surface area contributed by atoms with Crippen molar-refractivity contribution < 1.29 is 9.21 Å². The van der Waals surface area contributed by atoms with Crippen molar-refractivity contribution in [3.8, 4) is 17.4 Å². The molecule has 0 saturated carbocycles. The summed E-state index contributed by atoms with van der Waals surface area (Å²) in [6.45, 7) is 1.40. The lowest BCUT2D eigenvalue weighted by Gasteiger charge is -2.26. The van der Waals surface area contributed by atoms with Gasteiger partial charge in [0.25, 0.3) is 5.91 Å². The van der Waals surface area contributed by atoms with Crippen LogP contribution in [0.1, 0.15) is 25.0 Å². The van der Waals surface area contributed by atoms with Gasteiger partial charge in [0.1, 0.15) is 23.2 Å². The van der Waals surface area contributed by atoms with E-state index in [4.69, 9.17) is 27.6 Å². The Balaban J connectivity index is 1.82. The number of furan rings is 1. The molecule has 1 saturated heterocycles. The second kappa shape index (κ2) is 7.77. The van der Waals surface area contributed by atoms with E-state index in [1.807, 2.05) is 6.07 Å². The van der Waals surface area contributed by atoms with Crippen molar-refractivity contribution in [2.24, 2.45) is 0 Å². The SMILES string of the molecule is N#CC(=Cc1ccc(-c2ccc(Cl)c(Cl)c2)o1)C(=O)N1CCCCC1. The zero-order valence-corrected chi connectivity index (χ0v) is 15.0. The van der Waals surface area contributed by atoms with E-state index in [2.05, 4.69) is 0 Å². The Bertz CT molecular complexity index is 859. The topological polar surface area (TPSA) is 57.2 Å². The Labute approximate surface area is 156 Å². The van der Waals surface area contributed by atoms with Gasteiger partial charge in [-0.15, -0.1) is 0 Å². The zero-order valence-electron chi connectivity index (χ0n) is 13.5. The maximum Gasteiger partial charge on any atom is 0.264 e. The molecule has 0 unspecified atom stereocenters. The van der Waals surface area contributed by atoms with Crippen LogP contribution in [0.25, 0.3) is 17.4 Å². The average Bonchev–Trinajstić information content (AvgIpc) is 3.11. The number of hydrogen-bond donors (Lipinski definition) is 0. The van der Waals surface area contributed by atoms with Gasteiger partial charge >= 0.3 is 0 Å². The lowest BCUT2D eigenvalue weighted by molar-refractivity contribution is -0.127. The van der Waals surface area contributed by atoms with Crippen molar-refractivity contribution in [1.82, 2.24) is 4.90 Å². The third-order valence-corrected chi connectivity index (χ3v) is 4.85. The summed E-state index contributed by atoms with van der Waals surface area (Å²) >= 11 is 11.9. The standard InChI is InChI=1S/C19H16Cl2N2O2/c20-16-6-4-13(11-17(16)21)18-7-5-15(25-18)10-14(12-22)19(24)23-8-2-1-3-9-23/h4-7,10-11H,1-3,8-9H2. The number of carbonyl (C=O) groups is 1. The van der Waals surface area contributed by atoms with Crippen LogP contribution in [0.3, 0.4) is 0 Å². The first-order valence-corrected chi connectivity index (χ1v) is 8.80. The Morgan fingerprint density at radius 3 is 2.56 bits per heavy atom. The molecular weight excluding hydrogens is 359 g/mol. The van der Waals surface area contributed by atoms with E-state index >= 15 is 0 Å². The third-order valence-electron chi connectivity index (χ3n) is 4.11. The molecule has 0 bridgehead atoms. The van der Waals surface area contributed by atoms with Crippen molar-refractivity contribution in [3.05, 3.63) is 51.7 Å². The van der Waals surface area contributed by atoms with Gasteiger partial charge in [0, 0.05) is 24.7 Å². The lowest BCUT2D eigenvalue weighted by atomic mass is 10.1. The molecule has 3 rings (SSSR count). The van der Waals surface area contributed by atoms with E-state index in [0.717, 1.165) is 24.8 Å². The number of carbonyl (C=O) groups excluding carboxylic acids is 1. The highest BCUT2D eigenvalue weighted by Crippen LogP contribution is 2.30. The van der Waals surface area contributed by atoms with Crippen molar-refractivity contribution in [1.29, 1.82) is 5.26 Å². The highest BCUT2D eigenvalue weighted by Gasteiger charge is 2.20. The van der Waals surface area contributed by atoms with Crippen LogP contribution in [0.4, 0.5) is 0 Å². The van der Waals surface area contributed by atoms with E-state index < -0.39 is 0 Å². The lowest BCUT2D eigenvalue weighted by Crippen LogP contribution is -2.36. The van der Waals surface area contributed by atoms with Gasteiger partial charge in [0.05, 0.1) is 10.0 Å². The highest BCUT2D eigenvalue weighted by molar-refractivity contribution is 6.42. The van der Waals surface area contributed by atoms with Crippen molar-refractivity contribution in [3.63, 3.8) is 0 Å². The van der Waals surface area contributed by atoms with E-state index in [0.29, 0.717) is 34.7 Å². The minimum atomic E-state index is -0.241. The Morgan fingerprint density at radius 2 is 1.88 bits per heavy atom. The van der Waals surface area contributed by atoms with Crippen molar-refractivity contribution in [2.75, 3.05) is 13.1 Å². The molecule has 1 aliphatic rings. The highest BCUT2D eigenvalue weighted by atomic mass is 35.5. The maximum absolute atomic E-state index is 12.5. The molecule has 0 N–H and O–H groups in total. The predicted octanol–water partition coefficient (Wildman–Crippen LogP) is 5.17. The molecule has 0 spiro atoms. The van der Waals surface area contributed by atoms with Crippen molar-refractivity contribution in [2.45, 2.75) is 19.3 Å². The fourth-order valence-corrected chi connectivity index (χ4v) is 3.08. The van der Waals surface area contributed by atoms with Crippen molar-refractivity contribution >= 4 is 35.2 Å². The number of nitrogens with zero attached hydrogens (tertiary/aromatic N) is 2. The molecule has 128 valence electrons. The number of piperidine rings is 1. The van der Waals surface area contributed by atoms with Crippen LogP contribution < -0.4 is 0 Å². The largest absolute Gasteiger partial charge is 0.457 e. The predicted molar refractivity (Wildman–Crippen MR) is 98.2 cm³/mol. The number of halogens is 2. The van der Waals surface area contributed by atoms with Gasteiger partial charge in [-0.3, -0.25) is 4.79 Å². The fraction of sp³-hybridized carbons (Fsp3) is 0.263. The van der Waals surface area contributed by atoms with Crippen LogP contribution >= 0.6 is 23.2 Å². The molecule has 2 heterocycles. The van der Waals surface area contributed by atoms with Crippen LogP contribution in [-0.2, 0) is 4.79 Å². The molecule has 1 aromatic carbocycles. The van der Waals surface area contributed by atoms with Gasteiger partial charge in [0.15, 0.2) is 0 Å². The second-order valence-electron chi connectivity index (χ2n) is 5.85. The second-order valence-corrected chi connectivity index (χ2v) is 6.67. The molecule has 4 nitrogen and oxygen atoms in total. The van der Waals surface area contributed by atoms with Crippen LogP contribution in [0.15, 0.2) is 40.3 Å². The van der Waals surface area contributed by atoms with Crippen LogP contribution in [0.5, 0.6) is 0 Å². The fourth-order valence-electron chi connectivity index (χ4n) is 2.79. The number of nitriles is 1. The molecule has 0 atom stereocenters. The van der Waals surface area contributed by atoms with Gasteiger partial charge in [-0.1, -0.05) is 23.2 Å². The van der Waals surface area contributed by atoms with E-state index in [-0.39, 0.29) is 11.5 Å². The maximum atomic E-state index is 12.5. The smallest absolute Gasteiger partial charge is 0.264 e. The zero-order chi connectivity index (χ0) is 17.8. The Morgan fingerprint density at radius 1 is 1.12 bits per heavy atom. The number of rotatable bonds is 3. The summed E-state index contributed by atoms with van der Waals surface area (Å²) < 4.78 is 5.73. The number of benzene rings is 1. The molecule has 1 amide bonds. The summed E-state index contributed by atoms with van der Waals surface area (Å²) in [5.41, 5.74) is 0.854. The monoisotopic (exact) mass is 374 g/mol. The summed E-state index contributed by atoms with van der Waals surface area (Å²) in [4.78, 5) is 14.2. The minimum Gasteiger partial charge on any atom is -0.457 e. The minimum absolute atomic E-state index is 0.0805. The van der Waals surface area contributed by atoms with Gasteiger partial charge in [-0.2, -0.15) is 5.26 Å². The normalized spacial score (nSPS) is 15.1. The van der Waals surface area contributed by atoms with Crippen LogP contribution in [0, 0.1) is 11.3 Å². The van der Waals surface area contributed by atoms with E-state index in [1.165, 1.54) is 6.08 Å². The molecule has 1 fully saturated rings. The van der Waals surface area contributed by atoms with Gasteiger partial charge in [-0.25, -0.2) is 0 Å². The van der Waals surface area contributed by atoms with Crippen LogP contribution in [-0.4, -0.2) is 23.9 Å². The van der Waals surface area contributed by atoms with Gasteiger partial charge in [-0.05, 0) is 49.6 Å². The third kappa shape index (κ3) is 4.07. The molecule has 0 radical (unpaired) electrons. The molecular formula is C19H16Cl2N2O2. The molecule has 1 aliphatic heterocycles. The molecule has 6 heteroatoms. The van der Waals surface area contributed by atoms with Crippen LogP contribution in [0.2, 0.25) is 10.0 Å². The summed E-state index contributed by atoms with van der Waals surface area (Å²) in [7, 11) is 0. The summed E-state index contributed by atoms with van der Waals surface area (Å²) in [6, 6.07) is 10.7. The first kappa shape index (κ1) is 17.6. The molecule has 25 heavy (non-hydrogen) atoms. The summed E-state index contributed by atoms with van der Waals surface area (Å²) in [6.07, 6.45) is 4.57. The Kier molecular flexibility index (Phi) is 5.47. The number of hydrogen-bond acceptors (Lipinski definition) is 3. The first-order chi connectivity index (χ1) is 12.1. The molecule has 0 aliphatic carbocycles. The summed E-state index contributed by atoms with van der Waals surface area (Å²) in [5.74, 6) is 0.796. The molecule has 2 aromatic rings. The average molecular weight is 375 g/mol. The quantitative estimate of drug-likeness (QED) is 0.549. The summed E-state index contributed by atoms with van der Waals surface area (Å²) in [5, 5.41) is 10.2. The number of amides is 1. The van der Waals surface area contributed by atoms with E-state index in [1.54, 1.807) is 35.2 Å². The number of likely N-dealkylation sites (tertiary alicyclic amines) is 1. The van der Waals surface area contributed by atoms with Gasteiger partial charge in [0.2, 0.25) is 0 Å². The van der Waals surface area contributed by atoms with E-state index in [9.17, 15) is 10.1 Å².